The van der Waals surface area contributed by atoms with Crippen LogP contribution in [0.5, 0.6) is 0 Å². The minimum atomic E-state index is -1.00. The molecule has 0 heterocycles. The molecule has 0 amide bonds. The molecular formula is C10H10N2O2. The molecule has 72 valence electrons. The highest BCUT2D eigenvalue weighted by atomic mass is 16.4. The number of hydrogen-bond acceptors (Lipinski definition) is 3. The summed E-state index contributed by atoms with van der Waals surface area (Å²) in [5, 5.41) is 20.2. The zero-order valence-corrected chi connectivity index (χ0v) is 7.69. The molecule has 0 bridgehead atoms. The maximum atomic E-state index is 10.8. The summed E-state index contributed by atoms with van der Waals surface area (Å²) in [4.78, 5) is 10.8. The van der Waals surface area contributed by atoms with Crippen molar-refractivity contribution in [1.29, 1.82) is 5.26 Å². The molecule has 2 N–H and O–H groups in total. The lowest BCUT2D eigenvalue weighted by Gasteiger charge is -2.10. The van der Waals surface area contributed by atoms with E-state index in [0.29, 0.717) is 5.69 Å². The Morgan fingerprint density at radius 3 is 2.79 bits per heavy atom. The van der Waals surface area contributed by atoms with Crippen molar-refractivity contribution in [3.8, 4) is 6.07 Å². The van der Waals surface area contributed by atoms with Gasteiger partial charge < -0.3 is 10.4 Å². The Bertz CT molecular complexity index is 382. The monoisotopic (exact) mass is 190 g/mol. The van der Waals surface area contributed by atoms with E-state index in [9.17, 15) is 4.79 Å². The van der Waals surface area contributed by atoms with E-state index in [1.165, 1.54) is 6.07 Å². The van der Waals surface area contributed by atoms with E-state index in [1.54, 1.807) is 25.1 Å². The van der Waals surface area contributed by atoms with Gasteiger partial charge in [-0.25, -0.2) is 4.79 Å². The van der Waals surface area contributed by atoms with Crippen molar-refractivity contribution < 1.29 is 9.90 Å². The number of hydrogen-bond donors (Lipinski definition) is 2. The van der Waals surface area contributed by atoms with Crippen molar-refractivity contribution in [3.05, 3.63) is 29.8 Å². The molecule has 1 aromatic carbocycles. The molecule has 0 fully saturated rings. The van der Waals surface area contributed by atoms with Crippen LogP contribution in [0.4, 0.5) is 5.69 Å². The molecule has 0 aliphatic carbocycles. The summed E-state index contributed by atoms with van der Waals surface area (Å²) >= 11 is 0. The number of benzene rings is 1. The molecule has 0 unspecified atom stereocenters. The van der Waals surface area contributed by atoms with Crippen molar-refractivity contribution in [2.24, 2.45) is 0 Å². The first kappa shape index (κ1) is 10.1. The van der Waals surface area contributed by atoms with Gasteiger partial charge in [0.2, 0.25) is 0 Å². The highest BCUT2D eigenvalue weighted by molar-refractivity contribution is 5.94. The number of rotatable bonds is 3. The lowest BCUT2D eigenvalue weighted by atomic mass is 10.1. The average Bonchev–Trinajstić information content (AvgIpc) is 2.18. The molecule has 1 atom stereocenters. The molecule has 4 heteroatoms. The minimum absolute atomic E-state index is 0.176. The van der Waals surface area contributed by atoms with Crippen LogP contribution in [0.1, 0.15) is 17.3 Å². The van der Waals surface area contributed by atoms with Gasteiger partial charge in [-0.1, -0.05) is 12.1 Å². The molecule has 1 rings (SSSR count). The Morgan fingerprint density at radius 2 is 2.21 bits per heavy atom. The zero-order chi connectivity index (χ0) is 10.6. The van der Waals surface area contributed by atoms with Crippen molar-refractivity contribution >= 4 is 11.7 Å². The number of aromatic carboxylic acids is 1. The predicted molar refractivity (Wildman–Crippen MR) is 52.1 cm³/mol. The number of carboxylic acids is 1. The molecule has 0 saturated carbocycles. The second kappa shape index (κ2) is 4.28. The van der Waals surface area contributed by atoms with Crippen molar-refractivity contribution in [2.45, 2.75) is 13.0 Å². The molecular weight excluding hydrogens is 180 g/mol. The van der Waals surface area contributed by atoms with Gasteiger partial charge in [0.05, 0.1) is 11.6 Å². The SMILES string of the molecule is C[C@H](C#N)Nc1ccccc1C(=O)O. The van der Waals surface area contributed by atoms with Gasteiger partial charge in [-0.05, 0) is 19.1 Å². The number of para-hydroxylation sites is 1. The molecule has 0 aromatic heterocycles. The summed E-state index contributed by atoms with van der Waals surface area (Å²) in [6.07, 6.45) is 0. The van der Waals surface area contributed by atoms with Crippen LogP contribution in [0.3, 0.4) is 0 Å². The quantitative estimate of drug-likeness (QED) is 0.760. The van der Waals surface area contributed by atoms with Gasteiger partial charge in [-0.15, -0.1) is 0 Å². The largest absolute Gasteiger partial charge is 0.478 e. The van der Waals surface area contributed by atoms with Gasteiger partial charge >= 0.3 is 5.97 Å². The summed E-state index contributed by atoms with van der Waals surface area (Å²) in [6.45, 7) is 1.67. The Balaban J connectivity index is 2.97. The van der Waals surface area contributed by atoms with Crippen molar-refractivity contribution in [2.75, 3.05) is 5.32 Å². The highest BCUT2D eigenvalue weighted by Gasteiger charge is 2.09. The fourth-order valence-electron chi connectivity index (χ4n) is 1.06. The lowest BCUT2D eigenvalue weighted by molar-refractivity contribution is 0.0698. The summed E-state index contributed by atoms with van der Waals surface area (Å²) in [5.41, 5.74) is 0.642. The van der Waals surface area contributed by atoms with Crippen LogP contribution in [0.25, 0.3) is 0 Å². The second-order valence-corrected chi connectivity index (χ2v) is 2.85. The number of carboxylic acid groups (broad SMARTS) is 1. The van der Waals surface area contributed by atoms with Crippen molar-refractivity contribution in [1.82, 2.24) is 0 Å². The molecule has 0 aliphatic rings. The lowest BCUT2D eigenvalue weighted by Crippen LogP contribution is -2.14. The number of nitriles is 1. The highest BCUT2D eigenvalue weighted by Crippen LogP contribution is 2.15. The molecule has 1 aromatic rings. The third-order valence-electron chi connectivity index (χ3n) is 1.72. The minimum Gasteiger partial charge on any atom is -0.478 e. The van der Waals surface area contributed by atoms with Gasteiger partial charge in [0.1, 0.15) is 6.04 Å². The van der Waals surface area contributed by atoms with Gasteiger partial charge in [0.15, 0.2) is 0 Å². The molecule has 14 heavy (non-hydrogen) atoms. The fourth-order valence-corrected chi connectivity index (χ4v) is 1.06. The smallest absolute Gasteiger partial charge is 0.337 e. The number of anilines is 1. The number of nitrogens with one attached hydrogen (secondary N) is 1. The molecule has 0 aliphatic heterocycles. The van der Waals surface area contributed by atoms with E-state index in [2.05, 4.69) is 5.32 Å². The first-order chi connectivity index (χ1) is 6.65. The van der Waals surface area contributed by atoms with Crippen LogP contribution in [0.2, 0.25) is 0 Å². The Labute approximate surface area is 81.8 Å². The summed E-state index contributed by atoms with van der Waals surface area (Å²) in [7, 11) is 0. The third kappa shape index (κ3) is 2.23. The van der Waals surface area contributed by atoms with Crippen LogP contribution >= 0.6 is 0 Å². The van der Waals surface area contributed by atoms with Gasteiger partial charge in [-0.3, -0.25) is 0 Å². The molecule has 0 saturated heterocycles. The van der Waals surface area contributed by atoms with Crippen LogP contribution in [-0.2, 0) is 0 Å². The van der Waals surface area contributed by atoms with Crippen LogP contribution in [-0.4, -0.2) is 17.1 Å². The first-order valence-electron chi connectivity index (χ1n) is 4.13. The van der Waals surface area contributed by atoms with Gasteiger partial charge in [0, 0.05) is 5.69 Å². The Kier molecular flexibility index (Phi) is 3.08. The maximum Gasteiger partial charge on any atom is 0.337 e. The average molecular weight is 190 g/mol. The molecule has 0 spiro atoms. The van der Waals surface area contributed by atoms with Crippen molar-refractivity contribution in [3.63, 3.8) is 0 Å². The predicted octanol–water partition coefficient (Wildman–Crippen LogP) is 1.71. The standard InChI is InChI=1S/C10H10N2O2/c1-7(6-11)12-9-5-3-2-4-8(9)10(13)14/h2-5,7,12H,1H3,(H,13,14)/t7-/m1/s1. The van der Waals surface area contributed by atoms with Gasteiger partial charge in [-0.2, -0.15) is 5.26 Å². The van der Waals surface area contributed by atoms with Crippen LogP contribution in [0.15, 0.2) is 24.3 Å². The zero-order valence-electron chi connectivity index (χ0n) is 7.69. The number of nitrogens with zero attached hydrogens (tertiary/aromatic N) is 1. The summed E-state index contributed by atoms with van der Waals surface area (Å²) < 4.78 is 0. The van der Waals surface area contributed by atoms with Crippen LogP contribution < -0.4 is 5.32 Å². The second-order valence-electron chi connectivity index (χ2n) is 2.85. The first-order valence-corrected chi connectivity index (χ1v) is 4.13. The van der Waals surface area contributed by atoms with Gasteiger partial charge in [0.25, 0.3) is 0 Å². The Morgan fingerprint density at radius 1 is 1.57 bits per heavy atom. The summed E-state index contributed by atoms with van der Waals surface area (Å²) in [5.74, 6) is -1.00. The van der Waals surface area contributed by atoms with E-state index >= 15 is 0 Å². The van der Waals surface area contributed by atoms with E-state index in [-0.39, 0.29) is 5.56 Å². The fraction of sp³-hybridized carbons (Fsp3) is 0.200. The van der Waals surface area contributed by atoms with E-state index < -0.39 is 12.0 Å². The van der Waals surface area contributed by atoms with E-state index in [1.807, 2.05) is 6.07 Å². The normalized spacial score (nSPS) is 11.4. The third-order valence-corrected chi connectivity index (χ3v) is 1.72. The van der Waals surface area contributed by atoms with E-state index in [4.69, 9.17) is 10.4 Å². The maximum absolute atomic E-state index is 10.8. The molecule has 0 radical (unpaired) electrons. The topological polar surface area (TPSA) is 73.1 Å². The Hall–Kier alpha value is -2.02. The van der Waals surface area contributed by atoms with Crippen LogP contribution in [0, 0.1) is 11.3 Å². The summed E-state index contributed by atoms with van der Waals surface area (Å²) in [6, 6.07) is 8.07. The molecule has 4 nitrogen and oxygen atoms in total. The number of carbonyl (C=O) groups is 1. The van der Waals surface area contributed by atoms with E-state index in [0.717, 1.165) is 0 Å².